The van der Waals surface area contributed by atoms with Gasteiger partial charge in [-0.05, 0) is 39.0 Å². The number of aromatic nitrogens is 3. The number of nitrogens with two attached hydrogens (primary N) is 1. The SMILES string of the molecule is COc1c(CN2CCN(C(=O)OC(C)(C)C)CC2)c(CCNc2ncnc(N)c2C#N)nc2ccc(F)cc12. The van der Waals surface area contributed by atoms with Crippen LogP contribution >= 0.6 is 0 Å². The molecular formula is C27H33FN8O3. The maximum absolute atomic E-state index is 14.2. The van der Waals surface area contributed by atoms with E-state index in [1.165, 1.54) is 18.5 Å². The van der Waals surface area contributed by atoms with Gasteiger partial charge in [-0.15, -0.1) is 0 Å². The van der Waals surface area contributed by atoms with E-state index < -0.39 is 5.60 Å². The molecular weight excluding hydrogens is 503 g/mol. The summed E-state index contributed by atoms with van der Waals surface area (Å²) in [7, 11) is 1.56. The lowest BCUT2D eigenvalue weighted by Crippen LogP contribution is -2.49. The van der Waals surface area contributed by atoms with E-state index in [0.29, 0.717) is 68.2 Å². The number of hydrogen-bond acceptors (Lipinski definition) is 10. The summed E-state index contributed by atoms with van der Waals surface area (Å²) in [6, 6.07) is 6.45. The Morgan fingerprint density at radius 3 is 2.64 bits per heavy atom. The Hall–Kier alpha value is -4.24. The Bertz CT molecular complexity index is 1390. The summed E-state index contributed by atoms with van der Waals surface area (Å²) in [5.41, 5.74) is 7.66. The van der Waals surface area contributed by atoms with Crippen LogP contribution in [0.5, 0.6) is 5.75 Å². The molecule has 11 nitrogen and oxygen atoms in total. The Kier molecular flexibility index (Phi) is 8.30. The molecule has 0 unspecified atom stereocenters. The summed E-state index contributed by atoms with van der Waals surface area (Å²) in [5, 5.41) is 13.2. The minimum absolute atomic E-state index is 0.105. The molecule has 2 aromatic heterocycles. The first-order chi connectivity index (χ1) is 18.6. The van der Waals surface area contributed by atoms with Crippen molar-refractivity contribution in [1.29, 1.82) is 5.26 Å². The minimum atomic E-state index is -0.554. The monoisotopic (exact) mass is 536 g/mol. The number of benzene rings is 1. The topological polar surface area (TPSA) is 143 Å². The molecule has 206 valence electrons. The van der Waals surface area contributed by atoms with Gasteiger partial charge in [0.25, 0.3) is 0 Å². The Labute approximate surface area is 226 Å². The first kappa shape index (κ1) is 27.8. The van der Waals surface area contributed by atoms with Crippen LogP contribution in [0.3, 0.4) is 0 Å². The maximum atomic E-state index is 14.2. The molecule has 0 bridgehead atoms. The van der Waals surface area contributed by atoms with Crippen LogP contribution in [0.1, 0.15) is 37.6 Å². The van der Waals surface area contributed by atoms with Crippen molar-refractivity contribution < 1.29 is 18.7 Å². The van der Waals surface area contributed by atoms with Crippen molar-refractivity contribution in [2.24, 2.45) is 0 Å². The van der Waals surface area contributed by atoms with E-state index in [0.717, 1.165) is 11.3 Å². The molecule has 4 rings (SSSR count). The molecule has 0 radical (unpaired) electrons. The molecule has 0 atom stereocenters. The van der Waals surface area contributed by atoms with E-state index in [-0.39, 0.29) is 23.3 Å². The summed E-state index contributed by atoms with van der Waals surface area (Å²) in [4.78, 5) is 29.2. The Morgan fingerprint density at radius 1 is 1.23 bits per heavy atom. The second-order valence-corrected chi connectivity index (χ2v) is 10.2. The average molecular weight is 537 g/mol. The van der Waals surface area contributed by atoms with Crippen LogP contribution in [0.4, 0.5) is 20.8 Å². The second kappa shape index (κ2) is 11.7. The lowest BCUT2D eigenvalue weighted by molar-refractivity contribution is 0.0138. The molecule has 1 amide bonds. The van der Waals surface area contributed by atoms with Crippen LogP contribution in [0.2, 0.25) is 0 Å². The Balaban J connectivity index is 1.56. The highest BCUT2D eigenvalue weighted by atomic mass is 19.1. The summed E-state index contributed by atoms with van der Waals surface area (Å²) in [5.74, 6) is 0.640. The molecule has 1 aromatic carbocycles. The molecule has 39 heavy (non-hydrogen) atoms. The van der Waals surface area contributed by atoms with Crippen molar-refractivity contribution in [3.8, 4) is 11.8 Å². The number of nitrogen functional groups attached to an aromatic ring is 1. The van der Waals surface area contributed by atoms with Gasteiger partial charge in [0.1, 0.15) is 46.8 Å². The number of fused-ring (bicyclic) bond motifs is 1. The number of rotatable bonds is 7. The molecule has 0 aliphatic carbocycles. The summed E-state index contributed by atoms with van der Waals surface area (Å²) < 4.78 is 25.5. The molecule has 1 saturated heterocycles. The number of nitrogens with zero attached hydrogens (tertiary/aromatic N) is 6. The normalized spacial score (nSPS) is 14.2. The summed E-state index contributed by atoms with van der Waals surface area (Å²) in [6.45, 7) is 8.77. The first-order valence-electron chi connectivity index (χ1n) is 12.7. The van der Waals surface area contributed by atoms with Crippen LogP contribution in [-0.4, -0.2) is 76.3 Å². The molecule has 3 N–H and O–H groups in total. The van der Waals surface area contributed by atoms with Crippen molar-refractivity contribution in [2.45, 2.75) is 39.3 Å². The van der Waals surface area contributed by atoms with Gasteiger partial charge in [-0.2, -0.15) is 5.26 Å². The number of halogens is 1. The zero-order valence-electron chi connectivity index (χ0n) is 22.6. The van der Waals surface area contributed by atoms with Crippen LogP contribution in [0.15, 0.2) is 24.5 Å². The smallest absolute Gasteiger partial charge is 0.410 e. The van der Waals surface area contributed by atoms with E-state index in [1.54, 1.807) is 18.1 Å². The molecule has 3 aromatic rings. The second-order valence-electron chi connectivity index (χ2n) is 10.2. The van der Waals surface area contributed by atoms with E-state index in [9.17, 15) is 14.4 Å². The van der Waals surface area contributed by atoms with Gasteiger partial charge < -0.3 is 25.4 Å². The standard InChI is InChI=1S/C27H33FN8O3/c1-27(2,3)39-26(37)36-11-9-35(10-12-36)15-20-22(7-8-31-25-19(14-29)24(30)32-16-33-25)34-21-6-5-17(28)13-18(21)23(20)38-4/h5-6,13,16H,7-12,15H2,1-4H3,(H3,30,31,32,33). The van der Waals surface area contributed by atoms with E-state index in [4.69, 9.17) is 20.2 Å². The number of hydrogen-bond donors (Lipinski definition) is 2. The van der Waals surface area contributed by atoms with E-state index >= 15 is 0 Å². The first-order valence-corrected chi connectivity index (χ1v) is 12.7. The minimum Gasteiger partial charge on any atom is -0.496 e. The highest BCUT2D eigenvalue weighted by molar-refractivity contribution is 5.87. The number of amides is 1. The predicted octanol–water partition coefficient (Wildman–Crippen LogP) is 3.33. The third-order valence-corrected chi connectivity index (χ3v) is 6.33. The molecule has 3 heterocycles. The fourth-order valence-electron chi connectivity index (χ4n) is 4.48. The maximum Gasteiger partial charge on any atom is 0.410 e. The van der Waals surface area contributed by atoms with Crippen LogP contribution in [-0.2, 0) is 17.7 Å². The van der Waals surface area contributed by atoms with Gasteiger partial charge in [-0.3, -0.25) is 9.88 Å². The molecule has 1 aliphatic rings. The molecule has 1 fully saturated rings. The van der Waals surface area contributed by atoms with E-state index in [1.807, 2.05) is 26.8 Å². The third-order valence-electron chi connectivity index (χ3n) is 6.33. The zero-order valence-corrected chi connectivity index (χ0v) is 22.6. The van der Waals surface area contributed by atoms with Crippen LogP contribution in [0, 0.1) is 17.1 Å². The number of piperazine rings is 1. The van der Waals surface area contributed by atoms with Gasteiger partial charge in [0.05, 0.1) is 18.3 Å². The third kappa shape index (κ3) is 6.61. The van der Waals surface area contributed by atoms with Crippen molar-refractivity contribution in [2.75, 3.05) is 50.9 Å². The molecule has 1 aliphatic heterocycles. The summed E-state index contributed by atoms with van der Waals surface area (Å²) >= 11 is 0. The highest BCUT2D eigenvalue weighted by Crippen LogP contribution is 2.33. The number of carbonyl (C=O) groups is 1. The van der Waals surface area contributed by atoms with Gasteiger partial charge in [0.15, 0.2) is 0 Å². The van der Waals surface area contributed by atoms with Gasteiger partial charge in [0.2, 0.25) is 0 Å². The number of anilines is 2. The van der Waals surface area contributed by atoms with Gasteiger partial charge in [-0.1, -0.05) is 0 Å². The van der Waals surface area contributed by atoms with Crippen molar-refractivity contribution in [3.05, 3.63) is 47.2 Å². The zero-order chi connectivity index (χ0) is 28.2. The molecule has 0 spiro atoms. The lowest BCUT2D eigenvalue weighted by Gasteiger charge is -2.36. The number of pyridine rings is 1. The fraction of sp³-hybridized carbons (Fsp3) is 0.444. The van der Waals surface area contributed by atoms with Crippen LogP contribution < -0.4 is 15.8 Å². The van der Waals surface area contributed by atoms with Crippen molar-refractivity contribution >= 4 is 28.6 Å². The lowest BCUT2D eigenvalue weighted by atomic mass is 10.0. The number of carbonyl (C=O) groups excluding carboxylic acids is 1. The van der Waals surface area contributed by atoms with Gasteiger partial charge >= 0.3 is 6.09 Å². The van der Waals surface area contributed by atoms with Crippen LogP contribution in [0.25, 0.3) is 10.9 Å². The predicted molar refractivity (Wildman–Crippen MR) is 145 cm³/mol. The van der Waals surface area contributed by atoms with Gasteiger partial charge in [-0.25, -0.2) is 19.2 Å². The summed E-state index contributed by atoms with van der Waals surface area (Å²) in [6.07, 6.45) is 1.45. The van der Waals surface area contributed by atoms with E-state index in [2.05, 4.69) is 20.2 Å². The number of nitrogens with one attached hydrogen (secondary N) is 1. The average Bonchev–Trinajstić information content (AvgIpc) is 2.88. The number of methoxy groups -OCH3 is 1. The Morgan fingerprint density at radius 2 is 1.97 bits per heavy atom. The quantitative estimate of drug-likeness (QED) is 0.462. The van der Waals surface area contributed by atoms with Crippen molar-refractivity contribution in [1.82, 2.24) is 24.8 Å². The molecule has 12 heteroatoms. The largest absolute Gasteiger partial charge is 0.496 e. The number of ether oxygens (including phenoxy) is 2. The number of nitriles is 1. The highest BCUT2D eigenvalue weighted by Gasteiger charge is 2.27. The van der Waals surface area contributed by atoms with Gasteiger partial charge in [0, 0.05) is 56.6 Å². The van der Waals surface area contributed by atoms with Crippen molar-refractivity contribution in [3.63, 3.8) is 0 Å². The molecule has 0 saturated carbocycles. The fourth-order valence-corrected chi connectivity index (χ4v) is 4.48.